The van der Waals surface area contributed by atoms with E-state index in [-0.39, 0.29) is 11.3 Å². The van der Waals surface area contributed by atoms with Crippen LogP contribution in [0.5, 0.6) is 0 Å². The molecule has 3 rings (SSSR count). The third-order valence-electron chi connectivity index (χ3n) is 3.87. The molecule has 26 heavy (non-hydrogen) atoms. The van der Waals surface area contributed by atoms with Crippen LogP contribution < -0.4 is 0 Å². The van der Waals surface area contributed by atoms with Crippen LogP contribution in [0.4, 0.5) is 13.2 Å². The summed E-state index contributed by atoms with van der Waals surface area (Å²) in [5, 5.41) is 0. The van der Waals surface area contributed by atoms with Crippen LogP contribution in [0.15, 0.2) is 47.4 Å². The monoisotopic (exact) mass is 380 g/mol. The van der Waals surface area contributed by atoms with Gasteiger partial charge in [-0.1, -0.05) is 35.9 Å². The van der Waals surface area contributed by atoms with Crippen LogP contribution in [-0.4, -0.2) is 24.6 Å². The van der Waals surface area contributed by atoms with E-state index in [4.69, 9.17) is 0 Å². The molecule has 0 aliphatic carbocycles. The van der Waals surface area contributed by atoms with Gasteiger partial charge in [-0.3, -0.25) is 0 Å². The van der Waals surface area contributed by atoms with Crippen molar-refractivity contribution in [2.75, 3.05) is 6.26 Å². The average Bonchev–Trinajstić information content (AvgIpc) is 3.00. The number of hydrogen-bond acceptors (Lipinski definition) is 3. The number of alkyl halides is 2. The van der Waals surface area contributed by atoms with Gasteiger partial charge < -0.3 is 4.98 Å². The number of benzene rings is 2. The molecule has 1 heterocycles. The second kappa shape index (κ2) is 6.60. The van der Waals surface area contributed by atoms with Crippen molar-refractivity contribution in [2.24, 2.45) is 0 Å². The molecule has 0 aliphatic rings. The molecule has 8 heteroatoms. The van der Waals surface area contributed by atoms with E-state index < -0.39 is 32.8 Å². The normalized spacial score (nSPS) is 11.9. The molecular formula is C18H15F3N2O2S. The number of sulfone groups is 1. The van der Waals surface area contributed by atoms with Crippen LogP contribution in [0.3, 0.4) is 0 Å². The highest BCUT2D eigenvalue weighted by molar-refractivity contribution is 7.90. The second-order valence-electron chi connectivity index (χ2n) is 5.93. The molecular weight excluding hydrogens is 365 g/mol. The van der Waals surface area contributed by atoms with E-state index in [2.05, 4.69) is 9.97 Å². The molecule has 0 saturated carbocycles. The molecule has 2 aromatic carbocycles. The number of halogens is 3. The van der Waals surface area contributed by atoms with Gasteiger partial charge in [-0.15, -0.1) is 0 Å². The van der Waals surface area contributed by atoms with Crippen molar-refractivity contribution < 1.29 is 21.6 Å². The van der Waals surface area contributed by atoms with Gasteiger partial charge in [0.1, 0.15) is 10.7 Å². The Morgan fingerprint density at radius 1 is 1.04 bits per heavy atom. The van der Waals surface area contributed by atoms with E-state index in [1.54, 1.807) is 12.1 Å². The van der Waals surface area contributed by atoms with E-state index in [1.165, 1.54) is 6.07 Å². The van der Waals surface area contributed by atoms with E-state index >= 15 is 0 Å². The summed E-state index contributed by atoms with van der Waals surface area (Å²) in [5.41, 5.74) is 2.24. The SMILES string of the molecule is Cc1ccc(-c2[nH]c(C(F)F)nc2-c2ccc(S(C)(=O)=O)c(F)c2)cc1. The summed E-state index contributed by atoms with van der Waals surface area (Å²) < 4.78 is 63.5. The van der Waals surface area contributed by atoms with E-state index in [9.17, 15) is 21.6 Å². The van der Waals surface area contributed by atoms with E-state index in [0.717, 1.165) is 24.0 Å². The zero-order chi connectivity index (χ0) is 19.1. The highest BCUT2D eigenvalue weighted by atomic mass is 32.2. The topological polar surface area (TPSA) is 62.8 Å². The van der Waals surface area contributed by atoms with Crippen LogP contribution in [0, 0.1) is 12.7 Å². The first-order valence-corrected chi connectivity index (χ1v) is 9.51. The molecule has 0 unspecified atom stereocenters. The fourth-order valence-corrected chi connectivity index (χ4v) is 3.31. The van der Waals surface area contributed by atoms with Gasteiger partial charge in [0.25, 0.3) is 6.43 Å². The first-order chi connectivity index (χ1) is 12.2. The summed E-state index contributed by atoms with van der Waals surface area (Å²) in [7, 11) is -3.73. The zero-order valence-electron chi connectivity index (χ0n) is 13.9. The molecule has 0 spiro atoms. The Kier molecular flexibility index (Phi) is 4.62. The van der Waals surface area contributed by atoms with Crippen molar-refractivity contribution in [3.8, 4) is 22.5 Å². The maximum atomic E-state index is 14.2. The molecule has 0 fully saturated rings. The number of aryl methyl sites for hydroxylation is 1. The number of aromatic amines is 1. The minimum Gasteiger partial charge on any atom is -0.337 e. The van der Waals surface area contributed by atoms with Gasteiger partial charge in [0, 0.05) is 17.4 Å². The number of rotatable bonds is 4. The predicted octanol–water partition coefficient (Wildman–Crippen LogP) is 4.53. The fourth-order valence-electron chi connectivity index (χ4n) is 2.58. The summed E-state index contributed by atoms with van der Waals surface area (Å²) in [6.45, 7) is 1.89. The molecule has 0 amide bonds. The Balaban J connectivity index is 2.18. The van der Waals surface area contributed by atoms with Crippen molar-refractivity contribution in [3.63, 3.8) is 0 Å². The Labute approximate surface area is 148 Å². The molecule has 136 valence electrons. The fraction of sp³-hybridized carbons (Fsp3) is 0.167. The zero-order valence-corrected chi connectivity index (χ0v) is 14.7. The summed E-state index contributed by atoms with van der Waals surface area (Å²) in [6, 6.07) is 10.5. The minimum absolute atomic E-state index is 0.128. The lowest BCUT2D eigenvalue weighted by molar-refractivity contribution is 0.141. The number of nitrogens with zero attached hydrogens (tertiary/aromatic N) is 1. The Morgan fingerprint density at radius 3 is 2.19 bits per heavy atom. The quantitative estimate of drug-likeness (QED) is 0.723. The van der Waals surface area contributed by atoms with Gasteiger partial charge in [0.2, 0.25) is 0 Å². The van der Waals surface area contributed by atoms with Crippen LogP contribution in [0.2, 0.25) is 0 Å². The van der Waals surface area contributed by atoms with Crippen LogP contribution in [0.25, 0.3) is 22.5 Å². The molecule has 0 saturated heterocycles. The van der Waals surface area contributed by atoms with Crippen molar-refractivity contribution in [2.45, 2.75) is 18.2 Å². The van der Waals surface area contributed by atoms with Crippen molar-refractivity contribution >= 4 is 9.84 Å². The number of H-pyrrole nitrogens is 1. The summed E-state index contributed by atoms with van der Waals surface area (Å²) >= 11 is 0. The van der Waals surface area contributed by atoms with Crippen LogP contribution in [-0.2, 0) is 9.84 Å². The standard InChI is InChI=1S/C18H15F3N2O2S/c1-10-3-5-11(6-4-10)15-16(23-18(22-15)17(20)21)12-7-8-14(13(19)9-12)26(2,24)25/h3-9,17H,1-2H3,(H,22,23). The smallest absolute Gasteiger partial charge is 0.295 e. The maximum absolute atomic E-state index is 14.2. The lowest BCUT2D eigenvalue weighted by Crippen LogP contribution is -2.00. The molecule has 0 bridgehead atoms. The van der Waals surface area contributed by atoms with Gasteiger partial charge in [-0.25, -0.2) is 26.6 Å². The number of hydrogen-bond donors (Lipinski definition) is 1. The number of nitrogens with one attached hydrogen (secondary N) is 1. The molecule has 0 atom stereocenters. The Hall–Kier alpha value is -2.61. The Morgan fingerprint density at radius 2 is 1.65 bits per heavy atom. The lowest BCUT2D eigenvalue weighted by Gasteiger charge is -2.06. The lowest BCUT2D eigenvalue weighted by atomic mass is 10.0. The molecule has 4 nitrogen and oxygen atoms in total. The predicted molar refractivity (Wildman–Crippen MR) is 92.2 cm³/mol. The number of imidazole rings is 1. The maximum Gasteiger partial charge on any atom is 0.295 e. The van der Waals surface area contributed by atoms with Gasteiger partial charge in [0.05, 0.1) is 11.4 Å². The average molecular weight is 380 g/mol. The summed E-state index contributed by atoms with van der Waals surface area (Å²) in [4.78, 5) is 6.01. The summed E-state index contributed by atoms with van der Waals surface area (Å²) in [6.07, 6.45) is -1.93. The van der Waals surface area contributed by atoms with Crippen LogP contribution in [0.1, 0.15) is 17.8 Å². The largest absolute Gasteiger partial charge is 0.337 e. The van der Waals surface area contributed by atoms with Gasteiger partial charge in [0.15, 0.2) is 15.7 Å². The molecule has 1 aromatic heterocycles. The van der Waals surface area contributed by atoms with E-state index in [0.29, 0.717) is 11.3 Å². The third-order valence-corrected chi connectivity index (χ3v) is 5.00. The number of aromatic nitrogens is 2. The molecule has 0 radical (unpaired) electrons. The highest BCUT2D eigenvalue weighted by Gasteiger charge is 2.21. The van der Waals surface area contributed by atoms with E-state index in [1.807, 2.05) is 19.1 Å². The van der Waals surface area contributed by atoms with Gasteiger partial charge >= 0.3 is 0 Å². The molecule has 3 aromatic rings. The third kappa shape index (κ3) is 3.50. The minimum atomic E-state index is -3.73. The first-order valence-electron chi connectivity index (χ1n) is 7.62. The van der Waals surface area contributed by atoms with Crippen molar-refractivity contribution in [1.82, 2.24) is 9.97 Å². The van der Waals surface area contributed by atoms with Crippen molar-refractivity contribution in [1.29, 1.82) is 0 Å². The highest BCUT2D eigenvalue weighted by Crippen LogP contribution is 2.34. The molecule has 0 aliphatic heterocycles. The van der Waals surface area contributed by atoms with Crippen molar-refractivity contribution in [3.05, 3.63) is 59.7 Å². The van der Waals surface area contributed by atoms with Gasteiger partial charge in [-0.05, 0) is 19.1 Å². The Bertz CT molecular complexity index is 1060. The van der Waals surface area contributed by atoms with Gasteiger partial charge in [-0.2, -0.15) is 0 Å². The summed E-state index contributed by atoms with van der Waals surface area (Å²) in [5.74, 6) is -1.50. The first kappa shape index (κ1) is 18.2. The second-order valence-corrected chi connectivity index (χ2v) is 7.91. The van der Waals surface area contributed by atoms with Crippen LogP contribution >= 0.6 is 0 Å². The molecule has 1 N–H and O–H groups in total.